The highest BCUT2D eigenvalue weighted by Crippen LogP contribution is 2.30. The maximum atomic E-state index is 12.3. The van der Waals surface area contributed by atoms with Crippen LogP contribution in [0.2, 0.25) is 0 Å². The molecule has 2 aliphatic rings. The molecular formula is C28H32N4O3S. The topological polar surface area (TPSA) is 66.0 Å². The predicted octanol–water partition coefficient (Wildman–Crippen LogP) is 4.98. The number of anilines is 2. The Bertz CT molecular complexity index is 1240. The molecule has 188 valence electrons. The van der Waals surface area contributed by atoms with Crippen LogP contribution in [0, 0.1) is 0 Å². The van der Waals surface area contributed by atoms with E-state index in [2.05, 4.69) is 57.2 Å². The van der Waals surface area contributed by atoms with Crippen molar-refractivity contribution in [3.8, 4) is 5.88 Å². The van der Waals surface area contributed by atoms with E-state index in [-0.39, 0.29) is 11.1 Å². The number of rotatable bonds is 7. The fourth-order valence-corrected chi connectivity index (χ4v) is 5.36. The molecule has 3 aromatic rings. The highest BCUT2D eigenvalue weighted by Gasteiger charge is 2.31. The minimum atomic E-state index is -0.300. The van der Waals surface area contributed by atoms with Crippen LogP contribution in [0.1, 0.15) is 24.8 Å². The summed E-state index contributed by atoms with van der Waals surface area (Å²) in [5, 5.41) is 2.32. The van der Waals surface area contributed by atoms with Crippen molar-refractivity contribution in [1.82, 2.24) is 9.88 Å². The first-order chi connectivity index (χ1) is 17.6. The monoisotopic (exact) mass is 504 g/mol. The number of nitrogens with zero attached hydrogens (tertiary/aromatic N) is 4. The SMILES string of the molecule is CSC(=O)N1C(=O)CCc2ccc(OCCCCN3CCN(c4cccc5ccccc45)CC3)nc21. The van der Waals surface area contributed by atoms with Gasteiger partial charge in [0.25, 0.3) is 5.24 Å². The van der Waals surface area contributed by atoms with Crippen molar-refractivity contribution in [3.05, 3.63) is 60.2 Å². The molecule has 5 rings (SSSR count). The molecule has 1 fully saturated rings. The number of carbonyl (C=O) groups is 2. The summed E-state index contributed by atoms with van der Waals surface area (Å²) in [6.07, 6.45) is 4.59. The van der Waals surface area contributed by atoms with Crippen molar-refractivity contribution >= 4 is 45.2 Å². The van der Waals surface area contributed by atoms with E-state index in [1.54, 1.807) is 6.26 Å². The average Bonchev–Trinajstić information content (AvgIpc) is 2.92. The van der Waals surface area contributed by atoms with Crippen LogP contribution in [0.4, 0.5) is 16.3 Å². The van der Waals surface area contributed by atoms with Crippen LogP contribution in [-0.2, 0) is 11.2 Å². The van der Waals surface area contributed by atoms with E-state index >= 15 is 0 Å². The fourth-order valence-electron chi connectivity index (χ4n) is 4.99. The van der Waals surface area contributed by atoms with E-state index in [9.17, 15) is 9.59 Å². The Morgan fingerprint density at radius 2 is 1.78 bits per heavy atom. The Kier molecular flexibility index (Phi) is 7.72. The molecule has 0 unspecified atom stereocenters. The molecule has 0 spiro atoms. The Hall–Kier alpha value is -3.10. The van der Waals surface area contributed by atoms with Crippen LogP contribution in [-0.4, -0.2) is 66.6 Å². The molecular weight excluding hydrogens is 472 g/mol. The Morgan fingerprint density at radius 3 is 2.61 bits per heavy atom. The van der Waals surface area contributed by atoms with E-state index in [1.807, 2.05) is 12.1 Å². The van der Waals surface area contributed by atoms with E-state index in [4.69, 9.17) is 4.74 Å². The number of hydrogen-bond donors (Lipinski definition) is 0. The van der Waals surface area contributed by atoms with Gasteiger partial charge in [0.05, 0.1) is 6.61 Å². The first-order valence-corrected chi connectivity index (χ1v) is 13.9. The molecule has 2 aliphatic heterocycles. The number of aromatic nitrogens is 1. The van der Waals surface area contributed by atoms with Crippen LogP contribution in [0.25, 0.3) is 10.8 Å². The third kappa shape index (κ3) is 5.34. The lowest BCUT2D eigenvalue weighted by Crippen LogP contribution is -2.46. The van der Waals surface area contributed by atoms with Crippen LogP contribution in [0.15, 0.2) is 54.6 Å². The number of benzene rings is 2. The molecule has 0 atom stereocenters. The Balaban J connectivity index is 1.07. The first-order valence-electron chi connectivity index (χ1n) is 12.6. The van der Waals surface area contributed by atoms with Gasteiger partial charge in [-0.15, -0.1) is 0 Å². The van der Waals surface area contributed by atoms with E-state index in [0.29, 0.717) is 31.1 Å². The zero-order valence-corrected chi connectivity index (χ0v) is 21.5. The van der Waals surface area contributed by atoms with Gasteiger partial charge in [-0.25, -0.2) is 4.90 Å². The summed E-state index contributed by atoms with van der Waals surface area (Å²) < 4.78 is 5.88. The Labute approximate surface area is 216 Å². The van der Waals surface area contributed by atoms with Gasteiger partial charge in [-0.05, 0) is 55.1 Å². The number of amides is 2. The third-order valence-corrected chi connectivity index (χ3v) is 7.49. The van der Waals surface area contributed by atoms with Gasteiger partial charge in [0.1, 0.15) is 5.82 Å². The molecule has 36 heavy (non-hydrogen) atoms. The van der Waals surface area contributed by atoms with Gasteiger partial charge >= 0.3 is 0 Å². The van der Waals surface area contributed by atoms with Crippen molar-refractivity contribution in [1.29, 1.82) is 0 Å². The molecule has 0 N–H and O–H groups in total. The maximum Gasteiger partial charge on any atom is 0.293 e. The smallest absolute Gasteiger partial charge is 0.293 e. The van der Waals surface area contributed by atoms with Gasteiger partial charge in [-0.2, -0.15) is 4.98 Å². The second-order valence-electron chi connectivity index (χ2n) is 9.21. The summed E-state index contributed by atoms with van der Waals surface area (Å²) in [7, 11) is 0. The number of aryl methyl sites for hydroxylation is 1. The molecule has 1 saturated heterocycles. The number of imide groups is 1. The number of thioether (sulfide) groups is 1. The molecule has 2 amide bonds. The third-order valence-electron chi connectivity index (χ3n) is 6.96. The van der Waals surface area contributed by atoms with Gasteiger partial charge in [0, 0.05) is 49.7 Å². The molecule has 0 saturated carbocycles. The number of carbonyl (C=O) groups excluding carboxylic acids is 2. The largest absolute Gasteiger partial charge is 0.478 e. The lowest BCUT2D eigenvalue weighted by molar-refractivity contribution is -0.118. The van der Waals surface area contributed by atoms with Crippen molar-refractivity contribution in [2.75, 3.05) is 55.4 Å². The average molecular weight is 505 g/mol. The van der Waals surface area contributed by atoms with Gasteiger partial charge < -0.3 is 9.64 Å². The van der Waals surface area contributed by atoms with Crippen molar-refractivity contribution in [2.24, 2.45) is 0 Å². The Morgan fingerprint density at radius 1 is 0.972 bits per heavy atom. The van der Waals surface area contributed by atoms with Gasteiger partial charge in [-0.1, -0.05) is 48.2 Å². The first kappa shape index (κ1) is 24.6. The number of piperazine rings is 1. The molecule has 7 nitrogen and oxygen atoms in total. The summed E-state index contributed by atoms with van der Waals surface area (Å²) in [6.45, 7) is 5.80. The standard InChI is InChI=1S/C28H32N4O3S/c1-36-28(34)32-26(33)14-12-22-11-13-25(29-27(22)32)35-20-5-4-15-30-16-18-31(19-17-30)24-10-6-8-21-7-2-3-9-23(21)24/h2-3,6-11,13H,4-5,12,14-20H2,1H3. The van der Waals surface area contributed by atoms with Crippen molar-refractivity contribution in [3.63, 3.8) is 0 Å². The van der Waals surface area contributed by atoms with Crippen molar-refractivity contribution < 1.29 is 14.3 Å². The van der Waals surface area contributed by atoms with Crippen molar-refractivity contribution in [2.45, 2.75) is 25.7 Å². The summed E-state index contributed by atoms with van der Waals surface area (Å²) in [5.74, 6) is 0.685. The molecule has 0 radical (unpaired) electrons. The molecule has 1 aromatic heterocycles. The van der Waals surface area contributed by atoms with Crippen LogP contribution in [0.5, 0.6) is 5.88 Å². The minimum Gasteiger partial charge on any atom is -0.478 e. The zero-order chi connectivity index (χ0) is 24.9. The molecule has 8 heteroatoms. The zero-order valence-electron chi connectivity index (χ0n) is 20.7. The van der Waals surface area contributed by atoms with Crippen LogP contribution in [0.3, 0.4) is 0 Å². The van der Waals surface area contributed by atoms with Crippen LogP contribution >= 0.6 is 11.8 Å². The molecule has 0 aliphatic carbocycles. The second kappa shape index (κ2) is 11.3. The summed E-state index contributed by atoms with van der Waals surface area (Å²) in [4.78, 5) is 35.2. The summed E-state index contributed by atoms with van der Waals surface area (Å²) in [5.41, 5.74) is 2.24. The number of ether oxygens (including phenoxy) is 1. The number of fused-ring (bicyclic) bond motifs is 2. The molecule has 0 bridgehead atoms. The van der Waals surface area contributed by atoms with Crippen LogP contribution < -0.4 is 14.5 Å². The van der Waals surface area contributed by atoms with Gasteiger partial charge in [0.15, 0.2) is 0 Å². The summed E-state index contributed by atoms with van der Waals surface area (Å²) in [6, 6.07) is 18.9. The quantitative estimate of drug-likeness (QED) is 0.421. The lowest BCUT2D eigenvalue weighted by Gasteiger charge is -2.36. The predicted molar refractivity (Wildman–Crippen MR) is 146 cm³/mol. The summed E-state index contributed by atoms with van der Waals surface area (Å²) >= 11 is 1.02. The molecule has 2 aromatic carbocycles. The minimum absolute atomic E-state index is 0.202. The number of hydrogen-bond acceptors (Lipinski definition) is 7. The highest BCUT2D eigenvalue weighted by molar-refractivity contribution is 8.13. The lowest BCUT2D eigenvalue weighted by atomic mass is 10.1. The van der Waals surface area contributed by atoms with Gasteiger partial charge in [0.2, 0.25) is 11.8 Å². The van der Waals surface area contributed by atoms with E-state index in [1.165, 1.54) is 21.4 Å². The maximum absolute atomic E-state index is 12.3. The second-order valence-corrected chi connectivity index (χ2v) is 9.97. The molecule has 3 heterocycles. The fraction of sp³-hybridized carbons (Fsp3) is 0.393. The van der Waals surface area contributed by atoms with E-state index < -0.39 is 0 Å². The van der Waals surface area contributed by atoms with Gasteiger partial charge in [-0.3, -0.25) is 14.5 Å². The van der Waals surface area contributed by atoms with E-state index in [0.717, 1.165) is 62.9 Å². The normalized spacial score (nSPS) is 16.3. The highest BCUT2D eigenvalue weighted by atomic mass is 32.2. The number of unbranched alkanes of at least 4 members (excludes halogenated alkanes) is 1. The number of pyridine rings is 1.